The van der Waals surface area contributed by atoms with Crippen LogP contribution in [0.4, 0.5) is 21.7 Å². The molecule has 1 aliphatic rings. The Balaban J connectivity index is 1.47. The number of nitrogens with zero attached hydrogens (tertiary/aromatic N) is 3. The molecule has 3 aromatic rings. The second-order valence-electron chi connectivity index (χ2n) is 8.10. The van der Waals surface area contributed by atoms with Crippen molar-refractivity contribution < 1.29 is 14.0 Å². The summed E-state index contributed by atoms with van der Waals surface area (Å²) in [6.45, 7) is 1.81. The van der Waals surface area contributed by atoms with Crippen LogP contribution < -0.4 is 16.0 Å². The predicted molar refractivity (Wildman–Crippen MR) is 125 cm³/mol. The Morgan fingerprint density at radius 2 is 2.06 bits per heavy atom. The van der Waals surface area contributed by atoms with E-state index in [1.807, 2.05) is 6.92 Å². The van der Waals surface area contributed by atoms with Crippen molar-refractivity contribution in [1.29, 1.82) is 0 Å². The topological polar surface area (TPSA) is 109 Å². The minimum absolute atomic E-state index is 0.249. The molecule has 2 heterocycles. The summed E-state index contributed by atoms with van der Waals surface area (Å²) in [5, 5.41) is 9.29. The standard InChI is InChI=1S/C23H25FN6O2S/c1-14-26-23(30-33-14)29-22(32)20(11-15-5-2-3-6-15)28-21(31)16-7-4-8-17(12-16)27-19-9-10-25-13-18(19)24/h4,7-10,12-13,15,20H,2-3,5-6,11H2,1H3,(H,25,27)(H,28,31)(H,29,30,32)/t20-/m1/s1. The van der Waals surface area contributed by atoms with Crippen molar-refractivity contribution in [3.8, 4) is 0 Å². The molecule has 0 bridgehead atoms. The molecule has 0 spiro atoms. The summed E-state index contributed by atoms with van der Waals surface area (Å²) in [4.78, 5) is 33.9. The molecular weight excluding hydrogens is 443 g/mol. The molecule has 0 aliphatic heterocycles. The van der Waals surface area contributed by atoms with Crippen LogP contribution in [0.1, 0.15) is 47.5 Å². The molecule has 1 aromatic carbocycles. The Bertz CT molecular complexity index is 1130. The second kappa shape index (κ2) is 10.5. The lowest BCUT2D eigenvalue weighted by molar-refractivity contribution is -0.118. The Morgan fingerprint density at radius 1 is 1.24 bits per heavy atom. The van der Waals surface area contributed by atoms with Gasteiger partial charge in [-0.2, -0.15) is 4.37 Å². The third kappa shape index (κ3) is 6.10. The third-order valence-electron chi connectivity index (χ3n) is 5.60. The lowest BCUT2D eigenvalue weighted by atomic mass is 9.97. The number of hydrogen-bond donors (Lipinski definition) is 3. The van der Waals surface area contributed by atoms with Crippen LogP contribution in [0, 0.1) is 18.7 Å². The first-order valence-electron chi connectivity index (χ1n) is 10.9. The quantitative estimate of drug-likeness (QED) is 0.451. The van der Waals surface area contributed by atoms with Crippen molar-refractivity contribution in [3.63, 3.8) is 0 Å². The summed E-state index contributed by atoms with van der Waals surface area (Å²) >= 11 is 1.20. The van der Waals surface area contributed by atoms with Gasteiger partial charge < -0.3 is 10.6 Å². The highest BCUT2D eigenvalue weighted by molar-refractivity contribution is 7.05. The SMILES string of the molecule is Cc1nc(NC(=O)[C@@H](CC2CCCC2)NC(=O)c2cccc(Nc3ccncc3F)c2)ns1. The van der Waals surface area contributed by atoms with Crippen LogP contribution in [0.25, 0.3) is 0 Å². The zero-order valence-corrected chi connectivity index (χ0v) is 19.0. The van der Waals surface area contributed by atoms with Crippen molar-refractivity contribution >= 4 is 40.7 Å². The van der Waals surface area contributed by atoms with Crippen molar-refractivity contribution in [2.75, 3.05) is 10.6 Å². The van der Waals surface area contributed by atoms with Gasteiger partial charge in [0.25, 0.3) is 5.91 Å². The molecule has 0 saturated heterocycles. The van der Waals surface area contributed by atoms with Gasteiger partial charge in [0.1, 0.15) is 11.0 Å². The average Bonchev–Trinajstić information content (AvgIpc) is 3.46. The fraction of sp³-hybridized carbons (Fsp3) is 0.348. The van der Waals surface area contributed by atoms with Crippen LogP contribution >= 0.6 is 11.5 Å². The number of anilines is 3. The molecule has 10 heteroatoms. The zero-order chi connectivity index (χ0) is 23.2. The lowest BCUT2D eigenvalue weighted by Crippen LogP contribution is -2.45. The smallest absolute Gasteiger partial charge is 0.252 e. The van der Waals surface area contributed by atoms with E-state index in [0.717, 1.165) is 36.9 Å². The van der Waals surface area contributed by atoms with Gasteiger partial charge in [-0.25, -0.2) is 9.37 Å². The van der Waals surface area contributed by atoms with E-state index >= 15 is 0 Å². The van der Waals surface area contributed by atoms with E-state index in [4.69, 9.17) is 0 Å². The van der Waals surface area contributed by atoms with E-state index in [-0.39, 0.29) is 23.5 Å². The van der Waals surface area contributed by atoms with Gasteiger partial charge in [-0.05, 0) is 55.1 Å². The molecule has 8 nitrogen and oxygen atoms in total. The molecular formula is C23H25FN6O2S. The molecule has 3 N–H and O–H groups in total. The largest absolute Gasteiger partial charge is 0.353 e. The molecule has 33 heavy (non-hydrogen) atoms. The van der Waals surface area contributed by atoms with E-state index in [9.17, 15) is 14.0 Å². The summed E-state index contributed by atoms with van der Waals surface area (Å²) in [6, 6.07) is 7.50. The van der Waals surface area contributed by atoms with Gasteiger partial charge in [-0.1, -0.05) is 31.7 Å². The van der Waals surface area contributed by atoms with Gasteiger partial charge in [-0.3, -0.25) is 19.9 Å². The van der Waals surface area contributed by atoms with Gasteiger partial charge in [0.05, 0.1) is 11.9 Å². The van der Waals surface area contributed by atoms with Crippen LogP contribution in [0.3, 0.4) is 0 Å². The van der Waals surface area contributed by atoms with E-state index in [1.165, 1.54) is 23.8 Å². The van der Waals surface area contributed by atoms with Gasteiger partial charge in [0.15, 0.2) is 5.82 Å². The number of nitrogens with one attached hydrogen (secondary N) is 3. The highest BCUT2D eigenvalue weighted by Gasteiger charge is 2.28. The first-order valence-corrected chi connectivity index (χ1v) is 11.6. The first kappa shape index (κ1) is 22.8. The molecule has 4 rings (SSSR count). The third-order valence-corrected chi connectivity index (χ3v) is 6.22. The van der Waals surface area contributed by atoms with Crippen molar-refractivity contribution in [2.24, 2.45) is 5.92 Å². The molecule has 0 radical (unpaired) electrons. The van der Waals surface area contributed by atoms with Crippen molar-refractivity contribution in [2.45, 2.75) is 45.1 Å². The Kier molecular flexibility index (Phi) is 7.23. The molecule has 1 fully saturated rings. The van der Waals surface area contributed by atoms with Crippen LogP contribution in [-0.2, 0) is 4.79 Å². The molecule has 1 aliphatic carbocycles. The van der Waals surface area contributed by atoms with Gasteiger partial charge in [-0.15, -0.1) is 0 Å². The number of halogens is 1. The van der Waals surface area contributed by atoms with Crippen LogP contribution in [0.2, 0.25) is 0 Å². The summed E-state index contributed by atoms with van der Waals surface area (Å²) in [6.07, 6.45) is 7.52. The normalized spacial score (nSPS) is 14.6. The molecule has 172 valence electrons. The Labute approximate surface area is 195 Å². The maximum atomic E-state index is 13.9. The van der Waals surface area contributed by atoms with Gasteiger partial charge >= 0.3 is 0 Å². The highest BCUT2D eigenvalue weighted by atomic mass is 32.1. The van der Waals surface area contributed by atoms with Gasteiger partial charge in [0.2, 0.25) is 11.9 Å². The predicted octanol–water partition coefficient (Wildman–Crippen LogP) is 4.44. The van der Waals surface area contributed by atoms with E-state index in [1.54, 1.807) is 24.3 Å². The molecule has 2 aromatic heterocycles. The minimum atomic E-state index is -0.710. The summed E-state index contributed by atoms with van der Waals surface area (Å²) < 4.78 is 18.0. The van der Waals surface area contributed by atoms with Crippen LogP contribution in [-0.4, -0.2) is 32.2 Å². The zero-order valence-electron chi connectivity index (χ0n) is 18.2. The number of rotatable bonds is 8. The van der Waals surface area contributed by atoms with Crippen molar-refractivity contribution in [1.82, 2.24) is 19.7 Å². The number of hydrogen-bond acceptors (Lipinski definition) is 7. The number of carbonyl (C=O) groups excluding carboxylic acids is 2. The Morgan fingerprint density at radius 3 is 2.79 bits per heavy atom. The molecule has 1 atom stereocenters. The Hall–Kier alpha value is -3.40. The number of aromatic nitrogens is 3. The lowest BCUT2D eigenvalue weighted by Gasteiger charge is -2.21. The molecule has 0 unspecified atom stereocenters. The minimum Gasteiger partial charge on any atom is -0.353 e. The second-order valence-corrected chi connectivity index (χ2v) is 9.06. The fourth-order valence-corrected chi connectivity index (χ4v) is 4.40. The van der Waals surface area contributed by atoms with Crippen LogP contribution in [0.15, 0.2) is 42.7 Å². The number of amides is 2. The summed E-state index contributed by atoms with van der Waals surface area (Å²) in [5.74, 6) is -0.574. The number of pyridine rings is 1. The number of benzene rings is 1. The monoisotopic (exact) mass is 468 g/mol. The van der Waals surface area contributed by atoms with E-state index in [0.29, 0.717) is 23.6 Å². The maximum Gasteiger partial charge on any atom is 0.252 e. The van der Waals surface area contributed by atoms with E-state index in [2.05, 4.69) is 30.3 Å². The maximum absolute atomic E-state index is 13.9. The van der Waals surface area contributed by atoms with E-state index < -0.39 is 11.9 Å². The summed E-state index contributed by atoms with van der Waals surface area (Å²) in [5.41, 5.74) is 1.17. The van der Waals surface area contributed by atoms with Crippen LogP contribution in [0.5, 0.6) is 0 Å². The molecule has 1 saturated carbocycles. The number of aryl methyl sites for hydroxylation is 1. The first-order chi connectivity index (χ1) is 16.0. The van der Waals surface area contributed by atoms with Gasteiger partial charge in [0, 0.05) is 17.4 Å². The van der Waals surface area contributed by atoms with Crippen molar-refractivity contribution in [3.05, 3.63) is 59.1 Å². The number of carbonyl (C=O) groups is 2. The average molecular weight is 469 g/mol. The summed E-state index contributed by atoms with van der Waals surface area (Å²) in [7, 11) is 0. The molecule has 2 amide bonds. The highest BCUT2D eigenvalue weighted by Crippen LogP contribution is 2.29. The fourth-order valence-electron chi connectivity index (χ4n) is 3.97.